The summed E-state index contributed by atoms with van der Waals surface area (Å²) >= 11 is 21.9. The molecule has 0 aliphatic heterocycles. The molecular formula is C23H15BrCl3NO2. The topological polar surface area (TPSA) is 42.2 Å². The fourth-order valence-corrected chi connectivity index (χ4v) is 4.04. The molecule has 152 valence electrons. The smallest absolute Gasteiger partial charge is 0.175 e. The van der Waals surface area contributed by atoms with Crippen molar-refractivity contribution in [1.29, 1.82) is 5.26 Å². The Bertz CT molecular complexity index is 1160. The third-order valence-corrected chi connectivity index (χ3v) is 5.74. The van der Waals surface area contributed by atoms with Crippen molar-refractivity contribution in [2.45, 2.75) is 6.61 Å². The Morgan fingerprint density at radius 3 is 2.50 bits per heavy atom. The van der Waals surface area contributed by atoms with Gasteiger partial charge in [-0.15, -0.1) is 0 Å². The highest BCUT2D eigenvalue weighted by molar-refractivity contribution is 9.10. The summed E-state index contributed by atoms with van der Waals surface area (Å²) in [5, 5.41) is 11.2. The number of ether oxygens (including phenoxy) is 2. The number of methoxy groups -OCH3 is 1. The van der Waals surface area contributed by atoms with Crippen molar-refractivity contribution in [2.75, 3.05) is 7.11 Å². The lowest BCUT2D eigenvalue weighted by Crippen LogP contribution is -2.00. The van der Waals surface area contributed by atoms with Crippen molar-refractivity contribution in [2.24, 2.45) is 0 Å². The first-order chi connectivity index (χ1) is 14.4. The number of nitriles is 1. The molecule has 0 N–H and O–H groups in total. The van der Waals surface area contributed by atoms with Crippen LogP contribution >= 0.6 is 50.7 Å². The molecule has 0 atom stereocenters. The minimum absolute atomic E-state index is 0.239. The Hall–Kier alpha value is -2.16. The van der Waals surface area contributed by atoms with Gasteiger partial charge in [-0.1, -0.05) is 59.1 Å². The minimum Gasteiger partial charge on any atom is -0.493 e. The second kappa shape index (κ2) is 10.2. The summed E-state index contributed by atoms with van der Waals surface area (Å²) in [6.45, 7) is 0.239. The molecule has 3 aromatic carbocycles. The van der Waals surface area contributed by atoms with Crippen LogP contribution in [0.25, 0.3) is 11.6 Å². The van der Waals surface area contributed by atoms with Gasteiger partial charge in [0, 0.05) is 26.2 Å². The first kappa shape index (κ1) is 22.5. The average Bonchev–Trinajstić information content (AvgIpc) is 2.72. The van der Waals surface area contributed by atoms with Gasteiger partial charge in [-0.3, -0.25) is 0 Å². The molecule has 0 spiro atoms. The van der Waals surface area contributed by atoms with E-state index >= 15 is 0 Å². The lowest BCUT2D eigenvalue weighted by atomic mass is 10.0. The lowest BCUT2D eigenvalue weighted by Gasteiger charge is -2.14. The molecule has 0 saturated carbocycles. The fourth-order valence-electron chi connectivity index (χ4n) is 2.77. The van der Waals surface area contributed by atoms with Crippen LogP contribution in [0.5, 0.6) is 11.5 Å². The molecule has 0 radical (unpaired) electrons. The number of hydrogen-bond donors (Lipinski definition) is 0. The van der Waals surface area contributed by atoms with Crippen molar-refractivity contribution in [3.8, 4) is 17.6 Å². The van der Waals surface area contributed by atoms with E-state index in [0.717, 1.165) is 11.1 Å². The maximum absolute atomic E-state index is 9.60. The van der Waals surface area contributed by atoms with E-state index in [1.54, 1.807) is 43.5 Å². The summed E-state index contributed by atoms with van der Waals surface area (Å²) in [5.41, 5.74) is 2.65. The maximum Gasteiger partial charge on any atom is 0.175 e. The lowest BCUT2D eigenvalue weighted by molar-refractivity contribution is 0.282. The summed E-state index contributed by atoms with van der Waals surface area (Å²) in [6.07, 6.45) is 1.74. The zero-order valence-corrected chi connectivity index (χ0v) is 19.6. The molecule has 3 nitrogen and oxygen atoms in total. The second-order valence-electron chi connectivity index (χ2n) is 6.21. The quantitative estimate of drug-likeness (QED) is 0.242. The van der Waals surface area contributed by atoms with E-state index in [2.05, 4.69) is 22.0 Å². The van der Waals surface area contributed by atoms with Crippen molar-refractivity contribution < 1.29 is 9.47 Å². The number of halogens is 4. The Kier molecular flexibility index (Phi) is 7.69. The second-order valence-corrected chi connectivity index (χ2v) is 8.31. The molecule has 0 amide bonds. The number of allylic oxidation sites excluding steroid dienone is 1. The van der Waals surface area contributed by atoms with Crippen molar-refractivity contribution in [1.82, 2.24) is 0 Å². The van der Waals surface area contributed by atoms with Crippen LogP contribution in [0.3, 0.4) is 0 Å². The van der Waals surface area contributed by atoms with Crippen LogP contribution < -0.4 is 9.47 Å². The van der Waals surface area contributed by atoms with Gasteiger partial charge >= 0.3 is 0 Å². The molecule has 0 aliphatic carbocycles. The molecule has 3 rings (SSSR count). The van der Waals surface area contributed by atoms with Gasteiger partial charge in [0.1, 0.15) is 6.61 Å². The average molecular weight is 524 g/mol. The molecule has 0 aromatic heterocycles. The number of hydrogen-bond acceptors (Lipinski definition) is 3. The van der Waals surface area contributed by atoms with Crippen LogP contribution in [-0.4, -0.2) is 7.11 Å². The molecule has 0 fully saturated rings. The predicted octanol–water partition coefficient (Wildman–Crippen LogP) is 8.06. The van der Waals surface area contributed by atoms with Gasteiger partial charge in [0.25, 0.3) is 0 Å². The molecule has 3 aromatic rings. The number of rotatable bonds is 6. The molecule has 7 heteroatoms. The largest absolute Gasteiger partial charge is 0.493 e. The highest BCUT2D eigenvalue weighted by atomic mass is 79.9. The first-order valence-electron chi connectivity index (χ1n) is 8.74. The van der Waals surface area contributed by atoms with Crippen molar-refractivity contribution >= 4 is 62.4 Å². The first-order valence-corrected chi connectivity index (χ1v) is 10.7. The van der Waals surface area contributed by atoms with Gasteiger partial charge in [-0.2, -0.15) is 5.26 Å². The standard InChI is InChI=1S/C23H15BrCl3NO2/c1-29-22-10-14(8-16(12-28)18-4-2-3-5-20(18)26)9-19(24)23(22)30-13-15-6-7-17(25)11-21(15)27/h2-11H,13H2,1H3. The maximum atomic E-state index is 9.60. The third-order valence-electron chi connectivity index (χ3n) is 4.23. The molecule has 0 heterocycles. The zero-order valence-electron chi connectivity index (χ0n) is 15.8. The van der Waals surface area contributed by atoms with Gasteiger partial charge in [0.05, 0.1) is 23.2 Å². The van der Waals surface area contributed by atoms with Crippen LogP contribution in [0.4, 0.5) is 0 Å². The molecule has 0 saturated heterocycles. The predicted molar refractivity (Wildman–Crippen MR) is 126 cm³/mol. The van der Waals surface area contributed by atoms with E-state index in [4.69, 9.17) is 44.3 Å². The molecule has 0 aliphatic rings. The number of nitrogens with zero attached hydrogens (tertiary/aromatic N) is 1. The van der Waals surface area contributed by atoms with Crippen LogP contribution in [0.15, 0.2) is 59.1 Å². The van der Waals surface area contributed by atoms with Gasteiger partial charge in [0.2, 0.25) is 0 Å². The summed E-state index contributed by atoms with van der Waals surface area (Å²) in [6, 6.07) is 18.3. The summed E-state index contributed by atoms with van der Waals surface area (Å²) in [4.78, 5) is 0. The Morgan fingerprint density at radius 2 is 1.83 bits per heavy atom. The van der Waals surface area contributed by atoms with Gasteiger partial charge < -0.3 is 9.47 Å². The fraction of sp³-hybridized carbons (Fsp3) is 0.0870. The molecule has 0 bridgehead atoms. The van der Waals surface area contributed by atoms with E-state index < -0.39 is 0 Å². The van der Waals surface area contributed by atoms with E-state index in [1.807, 2.05) is 24.3 Å². The zero-order chi connectivity index (χ0) is 21.7. The normalized spacial score (nSPS) is 11.1. The van der Waals surface area contributed by atoms with Crippen molar-refractivity contribution in [3.63, 3.8) is 0 Å². The van der Waals surface area contributed by atoms with Gasteiger partial charge in [-0.05, 0) is 57.9 Å². The Morgan fingerprint density at radius 1 is 1.07 bits per heavy atom. The third kappa shape index (κ3) is 5.30. The number of benzene rings is 3. The molecule has 0 unspecified atom stereocenters. The van der Waals surface area contributed by atoms with Crippen LogP contribution in [0.1, 0.15) is 16.7 Å². The van der Waals surface area contributed by atoms with Crippen molar-refractivity contribution in [3.05, 3.63) is 90.8 Å². The van der Waals surface area contributed by atoms with E-state index in [9.17, 15) is 5.26 Å². The highest BCUT2D eigenvalue weighted by Gasteiger charge is 2.14. The SMILES string of the molecule is COc1cc(C=C(C#N)c2ccccc2Cl)cc(Br)c1OCc1ccc(Cl)cc1Cl. The van der Waals surface area contributed by atoms with E-state index in [0.29, 0.717) is 42.2 Å². The summed E-state index contributed by atoms with van der Waals surface area (Å²) in [7, 11) is 1.55. The molecule has 30 heavy (non-hydrogen) atoms. The highest BCUT2D eigenvalue weighted by Crippen LogP contribution is 2.39. The Balaban J connectivity index is 1.92. The minimum atomic E-state index is 0.239. The summed E-state index contributed by atoms with van der Waals surface area (Å²) < 4.78 is 12.1. The monoisotopic (exact) mass is 521 g/mol. The van der Waals surface area contributed by atoms with Crippen LogP contribution in [-0.2, 0) is 6.61 Å². The van der Waals surface area contributed by atoms with Crippen LogP contribution in [0.2, 0.25) is 15.1 Å². The van der Waals surface area contributed by atoms with E-state index in [1.165, 1.54) is 0 Å². The van der Waals surface area contributed by atoms with Gasteiger partial charge in [-0.25, -0.2) is 0 Å². The van der Waals surface area contributed by atoms with Crippen LogP contribution in [0, 0.1) is 11.3 Å². The van der Waals surface area contributed by atoms with E-state index in [-0.39, 0.29) is 6.61 Å². The summed E-state index contributed by atoms with van der Waals surface area (Å²) in [5.74, 6) is 1.04. The molecular weight excluding hydrogens is 509 g/mol. The Labute approximate surface area is 198 Å². The van der Waals surface area contributed by atoms with Gasteiger partial charge in [0.15, 0.2) is 11.5 Å².